The second kappa shape index (κ2) is 7.19. The fourth-order valence-electron chi connectivity index (χ4n) is 1.83. The van der Waals surface area contributed by atoms with Gasteiger partial charge in [-0.15, -0.1) is 0 Å². The molecule has 6 heteroatoms. The van der Waals surface area contributed by atoms with Gasteiger partial charge in [0.1, 0.15) is 5.75 Å². The molecule has 0 aliphatic carbocycles. The number of hydrazone groups is 1. The topological polar surface area (TPSA) is 60.2 Å². The normalized spacial score (nSPS) is 18.6. The van der Waals surface area contributed by atoms with Gasteiger partial charge in [0.2, 0.25) is 5.96 Å². The third-order valence-electron chi connectivity index (χ3n) is 2.98. The van der Waals surface area contributed by atoms with Crippen LogP contribution in [0.5, 0.6) is 5.75 Å². The molecule has 0 bridgehead atoms. The molecule has 0 saturated carbocycles. The zero-order chi connectivity index (χ0) is 14.4. The van der Waals surface area contributed by atoms with E-state index in [2.05, 4.69) is 21.7 Å². The number of nitrogens with zero attached hydrogens (tertiary/aromatic N) is 3. The van der Waals surface area contributed by atoms with Gasteiger partial charge in [-0.25, -0.2) is 5.01 Å². The summed E-state index contributed by atoms with van der Waals surface area (Å²) in [5, 5.41) is 15.7. The monoisotopic (exact) mass is 292 g/mol. The van der Waals surface area contributed by atoms with Gasteiger partial charge in [0, 0.05) is 23.6 Å². The zero-order valence-electron chi connectivity index (χ0n) is 11.8. The molecule has 0 fully saturated rings. The zero-order valence-corrected chi connectivity index (χ0v) is 12.6. The molecule has 0 saturated heterocycles. The van der Waals surface area contributed by atoms with Crippen molar-refractivity contribution < 1.29 is 5.11 Å². The first-order valence-corrected chi connectivity index (χ1v) is 7.62. The molecule has 5 nitrogen and oxygen atoms in total. The van der Waals surface area contributed by atoms with E-state index in [0.717, 1.165) is 23.8 Å². The number of hydrogen-bond acceptors (Lipinski definition) is 4. The molecule has 0 radical (unpaired) electrons. The molecular formula is C14H20N4OS. The van der Waals surface area contributed by atoms with Crippen molar-refractivity contribution in [2.75, 3.05) is 13.1 Å². The van der Waals surface area contributed by atoms with Gasteiger partial charge in [0.25, 0.3) is 0 Å². The van der Waals surface area contributed by atoms with Gasteiger partial charge < -0.3 is 5.11 Å². The number of hydrogen-bond donors (Lipinski definition) is 2. The van der Waals surface area contributed by atoms with E-state index in [4.69, 9.17) is 0 Å². The summed E-state index contributed by atoms with van der Waals surface area (Å²) in [5.74, 6) is 1.51. The SMILES string of the molecule is CCN=C(NSc1cccc(O)c1)N1CC(CC)C=N1. The molecule has 20 heavy (non-hydrogen) atoms. The van der Waals surface area contributed by atoms with E-state index in [1.807, 2.05) is 30.3 Å². The van der Waals surface area contributed by atoms with Crippen LogP contribution in [0.25, 0.3) is 0 Å². The van der Waals surface area contributed by atoms with E-state index in [9.17, 15) is 5.11 Å². The average molecular weight is 292 g/mol. The van der Waals surface area contributed by atoms with E-state index >= 15 is 0 Å². The lowest BCUT2D eigenvalue weighted by atomic mass is 10.1. The molecule has 0 aromatic heterocycles. The number of rotatable bonds is 4. The minimum Gasteiger partial charge on any atom is -0.508 e. The number of aliphatic imine (C=N–C) groups is 1. The van der Waals surface area contributed by atoms with E-state index in [-0.39, 0.29) is 5.75 Å². The van der Waals surface area contributed by atoms with E-state index in [0.29, 0.717) is 12.5 Å². The smallest absolute Gasteiger partial charge is 0.225 e. The summed E-state index contributed by atoms with van der Waals surface area (Å²) >= 11 is 1.42. The van der Waals surface area contributed by atoms with Gasteiger partial charge in [-0.2, -0.15) is 5.10 Å². The number of aromatic hydroxyl groups is 1. The van der Waals surface area contributed by atoms with Crippen molar-refractivity contribution in [3.63, 3.8) is 0 Å². The van der Waals surface area contributed by atoms with Crippen LogP contribution >= 0.6 is 11.9 Å². The minimum atomic E-state index is 0.260. The quantitative estimate of drug-likeness (QED) is 0.509. The van der Waals surface area contributed by atoms with Crippen molar-refractivity contribution in [2.24, 2.45) is 16.0 Å². The Morgan fingerprint density at radius 3 is 3.05 bits per heavy atom. The predicted molar refractivity (Wildman–Crippen MR) is 84.1 cm³/mol. The Kier molecular flexibility index (Phi) is 5.29. The van der Waals surface area contributed by atoms with Crippen molar-refractivity contribution in [1.29, 1.82) is 0 Å². The highest BCUT2D eigenvalue weighted by Crippen LogP contribution is 2.20. The molecule has 1 aliphatic rings. The first-order chi connectivity index (χ1) is 9.72. The molecule has 0 spiro atoms. The van der Waals surface area contributed by atoms with Crippen LogP contribution in [-0.2, 0) is 0 Å². The van der Waals surface area contributed by atoms with E-state index in [1.165, 1.54) is 11.9 Å². The lowest BCUT2D eigenvalue weighted by molar-refractivity contribution is 0.431. The Morgan fingerprint density at radius 1 is 1.55 bits per heavy atom. The van der Waals surface area contributed by atoms with Crippen LogP contribution in [0.1, 0.15) is 20.3 Å². The number of nitrogens with one attached hydrogen (secondary N) is 1. The molecule has 1 unspecified atom stereocenters. The lowest BCUT2D eigenvalue weighted by Crippen LogP contribution is -2.34. The highest BCUT2D eigenvalue weighted by atomic mass is 32.2. The molecule has 0 amide bonds. The fourth-order valence-corrected chi connectivity index (χ4v) is 2.54. The minimum absolute atomic E-state index is 0.260. The Balaban J connectivity index is 1.97. The van der Waals surface area contributed by atoms with Crippen LogP contribution in [-0.4, -0.2) is 35.4 Å². The number of phenols is 1. The highest BCUT2D eigenvalue weighted by molar-refractivity contribution is 7.98. The Hall–Kier alpha value is -1.69. The first-order valence-electron chi connectivity index (χ1n) is 6.81. The standard InChI is InChI=1S/C14H20N4OS/c1-3-11-9-16-18(10-11)14(15-4-2)17-20-13-7-5-6-12(19)8-13/h5-9,11,19H,3-4,10H2,1-2H3,(H,15,17). The number of benzene rings is 1. The van der Waals surface area contributed by atoms with Crippen LogP contribution in [0.2, 0.25) is 0 Å². The summed E-state index contributed by atoms with van der Waals surface area (Å²) in [6, 6.07) is 7.12. The molecule has 1 aromatic rings. The summed E-state index contributed by atoms with van der Waals surface area (Å²) in [6.45, 7) is 5.72. The maximum Gasteiger partial charge on any atom is 0.225 e. The van der Waals surface area contributed by atoms with Gasteiger partial charge in [-0.1, -0.05) is 13.0 Å². The Bertz CT molecular complexity index is 504. The second-order valence-electron chi connectivity index (χ2n) is 4.51. The number of guanidine groups is 1. The lowest BCUT2D eigenvalue weighted by Gasteiger charge is -2.18. The third kappa shape index (κ3) is 3.90. The van der Waals surface area contributed by atoms with Crippen molar-refractivity contribution in [2.45, 2.75) is 25.2 Å². The molecule has 108 valence electrons. The highest BCUT2D eigenvalue weighted by Gasteiger charge is 2.20. The molecule has 1 aromatic carbocycles. The Labute approximate surface area is 123 Å². The molecule has 1 heterocycles. The maximum absolute atomic E-state index is 9.45. The van der Waals surface area contributed by atoms with Crippen LogP contribution in [0.4, 0.5) is 0 Å². The van der Waals surface area contributed by atoms with Crippen molar-refractivity contribution in [3.05, 3.63) is 24.3 Å². The maximum atomic E-state index is 9.45. The summed E-state index contributed by atoms with van der Waals surface area (Å²) in [4.78, 5) is 5.38. The summed E-state index contributed by atoms with van der Waals surface area (Å²) in [7, 11) is 0. The molecule has 2 rings (SSSR count). The van der Waals surface area contributed by atoms with Crippen LogP contribution in [0.15, 0.2) is 39.3 Å². The van der Waals surface area contributed by atoms with Crippen LogP contribution in [0, 0.1) is 5.92 Å². The van der Waals surface area contributed by atoms with Gasteiger partial charge >= 0.3 is 0 Å². The molecule has 2 N–H and O–H groups in total. The second-order valence-corrected chi connectivity index (χ2v) is 5.39. The largest absolute Gasteiger partial charge is 0.508 e. The van der Waals surface area contributed by atoms with E-state index in [1.54, 1.807) is 12.1 Å². The van der Waals surface area contributed by atoms with Crippen molar-refractivity contribution >= 4 is 24.1 Å². The van der Waals surface area contributed by atoms with Crippen LogP contribution in [0.3, 0.4) is 0 Å². The fraction of sp³-hybridized carbons (Fsp3) is 0.429. The van der Waals surface area contributed by atoms with Gasteiger partial charge in [-0.05, 0) is 43.5 Å². The molecule has 1 atom stereocenters. The van der Waals surface area contributed by atoms with E-state index < -0.39 is 0 Å². The van der Waals surface area contributed by atoms with Gasteiger partial charge in [0.15, 0.2) is 0 Å². The summed E-state index contributed by atoms with van der Waals surface area (Å²) in [5.41, 5.74) is 0. The number of phenolic OH excluding ortho intramolecular Hbond substituents is 1. The van der Waals surface area contributed by atoms with Crippen molar-refractivity contribution in [1.82, 2.24) is 9.73 Å². The summed E-state index contributed by atoms with van der Waals surface area (Å²) < 4.78 is 3.22. The van der Waals surface area contributed by atoms with Gasteiger partial charge in [0.05, 0.1) is 6.54 Å². The van der Waals surface area contributed by atoms with Crippen molar-refractivity contribution in [3.8, 4) is 5.75 Å². The third-order valence-corrected chi connectivity index (χ3v) is 3.75. The van der Waals surface area contributed by atoms with Crippen LogP contribution < -0.4 is 4.72 Å². The average Bonchev–Trinajstić information content (AvgIpc) is 2.92. The molecule has 1 aliphatic heterocycles. The molecular weight excluding hydrogens is 272 g/mol. The first kappa shape index (κ1) is 14.7. The summed E-state index contributed by atoms with van der Waals surface area (Å²) in [6.07, 6.45) is 3.06. The van der Waals surface area contributed by atoms with Gasteiger partial charge in [-0.3, -0.25) is 9.71 Å². The predicted octanol–water partition coefficient (Wildman–Crippen LogP) is 2.69. The Morgan fingerprint density at radius 2 is 2.40 bits per heavy atom.